The van der Waals surface area contributed by atoms with Gasteiger partial charge in [0, 0.05) is 12.1 Å². The largest absolute Gasteiger partial charge is 0.481 e. The Labute approximate surface area is 108 Å². The lowest BCUT2D eigenvalue weighted by Crippen LogP contribution is -2.52. The van der Waals surface area contributed by atoms with Crippen LogP contribution in [0, 0.1) is 5.41 Å². The molecule has 0 aromatic carbocycles. The van der Waals surface area contributed by atoms with Crippen LogP contribution < -0.4 is 10.6 Å². The molecule has 0 radical (unpaired) electrons. The van der Waals surface area contributed by atoms with Crippen molar-refractivity contribution in [3.63, 3.8) is 0 Å². The molecule has 5 nitrogen and oxygen atoms in total. The first-order valence-electron chi connectivity index (χ1n) is 6.74. The van der Waals surface area contributed by atoms with E-state index in [1.54, 1.807) is 6.92 Å². The fourth-order valence-corrected chi connectivity index (χ4v) is 2.53. The van der Waals surface area contributed by atoms with Gasteiger partial charge in [-0.2, -0.15) is 0 Å². The highest BCUT2D eigenvalue weighted by molar-refractivity contribution is 5.79. The molecule has 0 aliphatic heterocycles. The van der Waals surface area contributed by atoms with Gasteiger partial charge in [0.05, 0.1) is 5.41 Å². The molecule has 0 spiro atoms. The highest BCUT2D eigenvalue weighted by Gasteiger charge is 2.45. The lowest BCUT2D eigenvalue weighted by molar-refractivity contribution is -0.148. The number of carbonyl (C=O) groups is 2. The van der Waals surface area contributed by atoms with E-state index in [-0.39, 0.29) is 18.1 Å². The molecule has 2 unspecified atom stereocenters. The van der Waals surface area contributed by atoms with Crippen LogP contribution >= 0.6 is 0 Å². The van der Waals surface area contributed by atoms with Crippen LogP contribution in [0.3, 0.4) is 0 Å². The number of hydrogen-bond donors (Lipinski definition) is 3. The Morgan fingerprint density at radius 1 is 1.39 bits per heavy atom. The average molecular weight is 256 g/mol. The number of carboxylic acids is 1. The van der Waals surface area contributed by atoms with Crippen molar-refractivity contribution in [1.82, 2.24) is 10.6 Å². The van der Waals surface area contributed by atoms with E-state index < -0.39 is 11.4 Å². The molecule has 0 heterocycles. The first-order valence-corrected chi connectivity index (χ1v) is 6.74. The van der Waals surface area contributed by atoms with E-state index in [0.29, 0.717) is 6.42 Å². The van der Waals surface area contributed by atoms with Crippen LogP contribution in [0.4, 0.5) is 4.79 Å². The van der Waals surface area contributed by atoms with Crippen molar-refractivity contribution in [2.75, 3.05) is 0 Å². The van der Waals surface area contributed by atoms with E-state index in [9.17, 15) is 14.7 Å². The van der Waals surface area contributed by atoms with E-state index in [0.717, 1.165) is 25.7 Å². The molecule has 104 valence electrons. The normalized spacial score (nSPS) is 27.2. The summed E-state index contributed by atoms with van der Waals surface area (Å²) in [5.74, 6) is -0.826. The lowest BCUT2D eigenvalue weighted by atomic mass is 9.85. The van der Waals surface area contributed by atoms with Gasteiger partial charge in [0.1, 0.15) is 0 Å². The summed E-state index contributed by atoms with van der Waals surface area (Å²) in [6.07, 6.45) is 3.96. The van der Waals surface area contributed by atoms with E-state index in [2.05, 4.69) is 10.6 Å². The van der Waals surface area contributed by atoms with Crippen LogP contribution in [0.5, 0.6) is 0 Å². The zero-order chi connectivity index (χ0) is 13.8. The third-order valence-electron chi connectivity index (χ3n) is 4.07. The number of rotatable bonds is 5. The second kappa shape index (κ2) is 6.07. The van der Waals surface area contributed by atoms with Gasteiger partial charge in [-0.1, -0.05) is 20.3 Å². The Hall–Kier alpha value is -1.26. The molecular weight excluding hydrogens is 232 g/mol. The van der Waals surface area contributed by atoms with Crippen molar-refractivity contribution in [2.24, 2.45) is 5.41 Å². The number of carbonyl (C=O) groups excluding carboxylic acids is 1. The summed E-state index contributed by atoms with van der Waals surface area (Å²) in [6.45, 7) is 5.75. The molecule has 1 rings (SSSR count). The second-order valence-electron chi connectivity index (χ2n) is 5.30. The molecule has 18 heavy (non-hydrogen) atoms. The molecule has 2 amide bonds. The Bertz CT molecular complexity index is 315. The Kier molecular flexibility index (Phi) is 4.99. The first kappa shape index (κ1) is 14.8. The standard InChI is InChI=1S/C13H24N2O3/c1-4-9(5-2)14-12(18)15-10-7-6-8-13(10,3)11(16)17/h9-10H,4-8H2,1-3H3,(H,16,17)(H2,14,15,18). The van der Waals surface area contributed by atoms with Gasteiger partial charge >= 0.3 is 12.0 Å². The third-order valence-corrected chi connectivity index (χ3v) is 4.07. The van der Waals surface area contributed by atoms with E-state index in [1.165, 1.54) is 0 Å². The molecule has 1 saturated carbocycles. The molecule has 1 aliphatic rings. The van der Waals surface area contributed by atoms with Crippen molar-refractivity contribution in [3.05, 3.63) is 0 Å². The van der Waals surface area contributed by atoms with E-state index in [4.69, 9.17) is 0 Å². The van der Waals surface area contributed by atoms with Gasteiger partial charge in [-0.25, -0.2) is 4.79 Å². The smallest absolute Gasteiger partial charge is 0.315 e. The Balaban J connectivity index is 2.56. The summed E-state index contributed by atoms with van der Waals surface area (Å²) in [4.78, 5) is 23.1. The van der Waals surface area contributed by atoms with Gasteiger partial charge in [-0.05, 0) is 32.6 Å². The number of amides is 2. The van der Waals surface area contributed by atoms with E-state index >= 15 is 0 Å². The number of hydrogen-bond acceptors (Lipinski definition) is 2. The topological polar surface area (TPSA) is 78.4 Å². The maximum atomic E-state index is 11.8. The number of aliphatic carboxylic acids is 1. The van der Waals surface area contributed by atoms with Crippen molar-refractivity contribution >= 4 is 12.0 Å². The highest BCUT2D eigenvalue weighted by atomic mass is 16.4. The van der Waals surface area contributed by atoms with Gasteiger partial charge in [-0.3, -0.25) is 4.79 Å². The van der Waals surface area contributed by atoms with Crippen molar-refractivity contribution < 1.29 is 14.7 Å². The minimum Gasteiger partial charge on any atom is -0.481 e. The summed E-state index contributed by atoms with van der Waals surface area (Å²) in [7, 11) is 0. The molecule has 5 heteroatoms. The monoisotopic (exact) mass is 256 g/mol. The van der Waals surface area contributed by atoms with Gasteiger partial charge in [-0.15, -0.1) is 0 Å². The molecule has 0 aromatic rings. The lowest BCUT2D eigenvalue weighted by Gasteiger charge is -2.28. The summed E-state index contributed by atoms with van der Waals surface area (Å²) in [5.41, 5.74) is -0.828. The zero-order valence-electron chi connectivity index (χ0n) is 11.5. The Morgan fingerprint density at radius 2 is 2.00 bits per heavy atom. The van der Waals surface area contributed by atoms with Crippen LogP contribution in [0.15, 0.2) is 0 Å². The molecule has 0 saturated heterocycles. The zero-order valence-corrected chi connectivity index (χ0v) is 11.5. The van der Waals surface area contributed by atoms with Crippen LogP contribution in [0.25, 0.3) is 0 Å². The molecular formula is C13H24N2O3. The van der Waals surface area contributed by atoms with Crippen molar-refractivity contribution in [2.45, 2.75) is 65.0 Å². The summed E-state index contributed by atoms with van der Waals surface area (Å²) in [5, 5.41) is 15.0. The number of carboxylic acid groups (broad SMARTS) is 1. The third kappa shape index (κ3) is 3.15. The van der Waals surface area contributed by atoms with Gasteiger partial charge in [0.25, 0.3) is 0 Å². The van der Waals surface area contributed by atoms with Crippen molar-refractivity contribution in [1.29, 1.82) is 0 Å². The molecule has 3 N–H and O–H groups in total. The van der Waals surface area contributed by atoms with Gasteiger partial charge in [0.2, 0.25) is 0 Å². The predicted molar refractivity (Wildman–Crippen MR) is 69.4 cm³/mol. The molecule has 0 bridgehead atoms. The summed E-state index contributed by atoms with van der Waals surface area (Å²) < 4.78 is 0. The number of nitrogens with one attached hydrogen (secondary N) is 2. The SMILES string of the molecule is CCC(CC)NC(=O)NC1CCCC1(C)C(=O)O. The predicted octanol–water partition coefficient (Wildman–Crippen LogP) is 2.12. The van der Waals surface area contributed by atoms with Crippen molar-refractivity contribution in [3.8, 4) is 0 Å². The fraction of sp³-hybridized carbons (Fsp3) is 0.846. The second-order valence-corrected chi connectivity index (χ2v) is 5.30. The van der Waals surface area contributed by atoms with Crippen LogP contribution in [0.1, 0.15) is 52.9 Å². The maximum absolute atomic E-state index is 11.8. The molecule has 1 aliphatic carbocycles. The van der Waals surface area contributed by atoms with Crippen LogP contribution in [0.2, 0.25) is 0 Å². The van der Waals surface area contributed by atoms with E-state index in [1.807, 2.05) is 13.8 Å². The minimum atomic E-state index is -0.828. The molecule has 1 fully saturated rings. The van der Waals surface area contributed by atoms with Crippen LogP contribution in [-0.2, 0) is 4.79 Å². The average Bonchev–Trinajstić information content (AvgIpc) is 2.69. The van der Waals surface area contributed by atoms with Gasteiger partial charge in [0.15, 0.2) is 0 Å². The minimum absolute atomic E-state index is 0.155. The molecule has 2 atom stereocenters. The highest BCUT2D eigenvalue weighted by Crippen LogP contribution is 2.38. The quantitative estimate of drug-likeness (QED) is 0.705. The molecule has 0 aromatic heterocycles. The maximum Gasteiger partial charge on any atom is 0.315 e. The van der Waals surface area contributed by atoms with Gasteiger partial charge < -0.3 is 15.7 Å². The summed E-state index contributed by atoms with van der Waals surface area (Å²) >= 11 is 0. The number of urea groups is 1. The first-order chi connectivity index (χ1) is 8.43. The van der Waals surface area contributed by atoms with Crippen LogP contribution in [-0.4, -0.2) is 29.2 Å². The Morgan fingerprint density at radius 3 is 2.50 bits per heavy atom. The summed E-state index contributed by atoms with van der Waals surface area (Å²) in [6, 6.07) is -0.366. The fourth-order valence-electron chi connectivity index (χ4n) is 2.53.